The lowest BCUT2D eigenvalue weighted by atomic mass is 9.94. The quantitative estimate of drug-likeness (QED) is 0.770. The summed E-state index contributed by atoms with van der Waals surface area (Å²) < 4.78 is 0. The Hall–Kier alpha value is -3.35. The van der Waals surface area contributed by atoms with Gasteiger partial charge in [0.15, 0.2) is 0 Å². The van der Waals surface area contributed by atoms with Gasteiger partial charge in [0, 0.05) is 43.3 Å². The van der Waals surface area contributed by atoms with Gasteiger partial charge in [-0.3, -0.25) is 14.8 Å². The lowest BCUT2D eigenvalue weighted by molar-refractivity contribution is 0.0700. The van der Waals surface area contributed by atoms with Gasteiger partial charge in [-0.2, -0.15) is 0 Å². The van der Waals surface area contributed by atoms with Crippen LogP contribution < -0.4 is 5.32 Å². The molecule has 0 aliphatic carbocycles. The highest BCUT2D eigenvalue weighted by Gasteiger charge is 2.26. The van der Waals surface area contributed by atoms with Gasteiger partial charge >= 0.3 is 0 Å². The number of carbonyl (C=O) groups is 1. The van der Waals surface area contributed by atoms with E-state index in [0.717, 1.165) is 30.9 Å². The molecule has 0 saturated carbocycles. The fraction of sp³-hybridized carbons (Fsp3) is 0.250. The summed E-state index contributed by atoms with van der Waals surface area (Å²) >= 11 is 0. The van der Waals surface area contributed by atoms with Crippen molar-refractivity contribution in [1.82, 2.24) is 24.8 Å². The Kier molecular flexibility index (Phi) is 5.00. The van der Waals surface area contributed by atoms with Crippen LogP contribution in [-0.2, 0) is 0 Å². The molecular weight excluding hydrogens is 340 g/mol. The van der Waals surface area contributed by atoms with E-state index in [1.54, 1.807) is 30.9 Å². The second-order valence-corrected chi connectivity index (χ2v) is 6.47. The summed E-state index contributed by atoms with van der Waals surface area (Å²) in [6.07, 6.45) is 8.53. The van der Waals surface area contributed by atoms with Gasteiger partial charge in [-0.15, -0.1) is 0 Å². The number of hydrogen-bond acceptors (Lipinski definition) is 6. The molecule has 4 heterocycles. The van der Waals surface area contributed by atoms with Crippen molar-refractivity contribution in [2.24, 2.45) is 0 Å². The predicted molar refractivity (Wildman–Crippen MR) is 102 cm³/mol. The first-order valence-corrected chi connectivity index (χ1v) is 9.00. The lowest BCUT2D eigenvalue weighted by Crippen LogP contribution is -2.39. The maximum atomic E-state index is 12.7. The van der Waals surface area contributed by atoms with Crippen molar-refractivity contribution in [3.8, 4) is 0 Å². The van der Waals surface area contributed by atoms with Crippen molar-refractivity contribution in [3.05, 3.63) is 72.6 Å². The highest BCUT2D eigenvalue weighted by Crippen LogP contribution is 2.27. The number of carbonyl (C=O) groups excluding carboxylic acids is 1. The number of pyridine rings is 2. The van der Waals surface area contributed by atoms with Crippen molar-refractivity contribution in [3.63, 3.8) is 0 Å². The largest absolute Gasteiger partial charge is 0.337 e. The Balaban J connectivity index is 1.48. The van der Waals surface area contributed by atoms with Gasteiger partial charge in [-0.1, -0.05) is 12.1 Å². The van der Waals surface area contributed by atoms with Gasteiger partial charge in [0.05, 0.1) is 6.20 Å². The molecule has 3 aromatic rings. The van der Waals surface area contributed by atoms with E-state index in [2.05, 4.69) is 20.3 Å². The van der Waals surface area contributed by atoms with E-state index < -0.39 is 0 Å². The van der Waals surface area contributed by atoms with E-state index in [-0.39, 0.29) is 11.8 Å². The Bertz CT molecular complexity index is 903. The summed E-state index contributed by atoms with van der Waals surface area (Å²) in [6.45, 7) is 1.40. The molecule has 0 bridgehead atoms. The molecule has 1 saturated heterocycles. The third-order valence-electron chi connectivity index (χ3n) is 4.60. The number of nitrogens with one attached hydrogen (secondary N) is 1. The maximum Gasteiger partial charge on any atom is 0.272 e. The highest BCUT2D eigenvalue weighted by molar-refractivity contribution is 5.92. The maximum absolute atomic E-state index is 12.7. The number of rotatable bonds is 4. The monoisotopic (exact) mass is 360 g/mol. The summed E-state index contributed by atoms with van der Waals surface area (Å²) in [5, 5.41) is 3.17. The van der Waals surface area contributed by atoms with Crippen LogP contribution in [0.15, 0.2) is 61.2 Å². The van der Waals surface area contributed by atoms with Gasteiger partial charge in [-0.25, -0.2) is 9.97 Å². The number of amides is 1. The van der Waals surface area contributed by atoms with Crippen molar-refractivity contribution in [1.29, 1.82) is 0 Å². The number of likely N-dealkylation sites (tertiary alicyclic amines) is 1. The fourth-order valence-electron chi connectivity index (χ4n) is 3.30. The summed E-state index contributed by atoms with van der Waals surface area (Å²) in [7, 11) is 0. The highest BCUT2D eigenvalue weighted by atomic mass is 16.2. The third-order valence-corrected chi connectivity index (χ3v) is 4.60. The molecule has 0 spiro atoms. The van der Waals surface area contributed by atoms with Gasteiger partial charge in [0.1, 0.15) is 17.3 Å². The SMILES string of the molecule is O=C(c1ccccn1)N1CCCC(c2cccc(Nc3cnccn3)n2)C1. The van der Waals surface area contributed by atoms with Crippen molar-refractivity contribution in [2.45, 2.75) is 18.8 Å². The molecule has 1 aliphatic rings. The minimum absolute atomic E-state index is 0.0193. The Morgan fingerprint density at radius 1 is 1.04 bits per heavy atom. The summed E-state index contributed by atoms with van der Waals surface area (Å²) in [5.41, 5.74) is 1.46. The molecule has 1 fully saturated rings. The average Bonchev–Trinajstić information content (AvgIpc) is 2.75. The van der Waals surface area contributed by atoms with Crippen LogP contribution in [0.2, 0.25) is 0 Å². The molecule has 7 heteroatoms. The van der Waals surface area contributed by atoms with Gasteiger partial charge in [-0.05, 0) is 37.1 Å². The van der Waals surface area contributed by atoms with Gasteiger partial charge in [0.2, 0.25) is 0 Å². The third kappa shape index (κ3) is 4.08. The van der Waals surface area contributed by atoms with Crippen LogP contribution >= 0.6 is 0 Å². The zero-order valence-corrected chi connectivity index (χ0v) is 14.8. The number of piperidine rings is 1. The molecular formula is C20H20N6O. The first kappa shape index (κ1) is 17.1. The molecule has 7 nitrogen and oxygen atoms in total. The van der Waals surface area contributed by atoms with E-state index in [1.807, 2.05) is 35.2 Å². The van der Waals surface area contributed by atoms with Crippen molar-refractivity contribution in [2.75, 3.05) is 18.4 Å². The summed E-state index contributed by atoms with van der Waals surface area (Å²) in [4.78, 5) is 31.7. The Morgan fingerprint density at radius 2 is 2.00 bits per heavy atom. The van der Waals surface area contributed by atoms with Crippen molar-refractivity contribution >= 4 is 17.5 Å². The molecule has 1 aliphatic heterocycles. The lowest BCUT2D eigenvalue weighted by Gasteiger charge is -2.32. The molecule has 1 N–H and O–H groups in total. The number of hydrogen-bond donors (Lipinski definition) is 1. The molecule has 0 aromatic carbocycles. The van der Waals surface area contributed by atoms with Crippen LogP contribution in [-0.4, -0.2) is 43.8 Å². The smallest absolute Gasteiger partial charge is 0.272 e. The van der Waals surface area contributed by atoms with Crippen LogP contribution in [0.1, 0.15) is 34.9 Å². The summed E-state index contributed by atoms with van der Waals surface area (Å²) in [6, 6.07) is 11.3. The Morgan fingerprint density at radius 3 is 2.81 bits per heavy atom. The minimum atomic E-state index is -0.0193. The van der Waals surface area contributed by atoms with Crippen LogP contribution in [0.3, 0.4) is 0 Å². The van der Waals surface area contributed by atoms with Crippen LogP contribution in [0, 0.1) is 0 Å². The number of anilines is 2. The molecule has 1 amide bonds. The number of nitrogens with zero attached hydrogens (tertiary/aromatic N) is 5. The second kappa shape index (κ2) is 7.90. The zero-order valence-electron chi connectivity index (χ0n) is 14.8. The molecule has 1 atom stereocenters. The fourth-order valence-corrected chi connectivity index (χ4v) is 3.30. The van der Waals surface area contributed by atoms with E-state index in [4.69, 9.17) is 4.98 Å². The molecule has 27 heavy (non-hydrogen) atoms. The molecule has 4 rings (SSSR count). The predicted octanol–water partition coefficient (Wildman–Crippen LogP) is 3.03. The first-order valence-electron chi connectivity index (χ1n) is 9.00. The van der Waals surface area contributed by atoms with E-state index in [1.165, 1.54) is 0 Å². The second-order valence-electron chi connectivity index (χ2n) is 6.47. The van der Waals surface area contributed by atoms with Crippen LogP contribution in [0.4, 0.5) is 11.6 Å². The van der Waals surface area contributed by atoms with Gasteiger partial charge < -0.3 is 10.2 Å². The van der Waals surface area contributed by atoms with E-state index in [9.17, 15) is 4.79 Å². The Labute approximate surface area is 157 Å². The minimum Gasteiger partial charge on any atom is -0.337 e. The number of aromatic nitrogens is 4. The van der Waals surface area contributed by atoms with Crippen LogP contribution in [0.5, 0.6) is 0 Å². The molecule has 3 aromatic heterocycles. The molecule has 0 radical (unpaired) electrons. The normalized spacial score (nSPS) is 16.7. The molecule has 136 valence electrons. The van der Waals surface area contributed by atoms with Crippen LogP contribution in [0.25, 0.3) is 0 Å². The standard InChI is InChI=1S/C20H20N6O/c27-20(17-6-1-2-9-22-17)26-12-4-5-15(14-26)16-7-3-8-18(24-16)25-19-13-21-10-11-23-19/h1-3,6-11,13,15H,4-5,12,14H2,(H,23,24,25). The van der Waals surface area contributed by atoms with Gasteiger partial charge in [0.25, 0.3) is 5.91 Å². The summed E-state index contributed by atoms with van der Waals surface area (Å²) in [5.74, 6) is 1.56. The zero-order chi connectivity index (χ0) is 18.5. The first-order chi connectivity index (χ1) is 13.3. The average molecular weight is 360 g/mol. The van der Waals surface area contributed by atoms with Crippen molar-refractivity contribution < 1.29 is 4.79 Å². The van der Waals surface area contributed by atoms with E-state index >= 15 is 0 Å². The topological polar surface area (TPSA) is 83.9 Å². The van der Waals surface area contributed by atoms with E-state index in [0.29, 0.717) is 18.1 Å². The molecule has 1 unspecified atom stereocenters.